The zero-order chi connectivity index (χ0) is 14.8. The summed E-state index contributed by atoms with van der Waals surface area (Å²) in [7, 11) is -1.79. The van der Waals surface area contributed by atoms with Crippen molar-refractivity contribution in [2.45, 2.75) is 26.2 Å². The molecule has 0 amide bonds. The first-order chi connectivity index (χ1) is 9.56. The Labute approximate surface area is 121 Å². The van der Waals surface area contributed by atoms with Crippen molar-refractivity contribution in [3.05, 3.63) is 18.2 Å². The second-order valence-electron chi connectivity index (χ2n) is 4.65. The summed E-state index contributed by atoms with van der Waals surface area (Å²) in [6.45, 7) is 4.78. The smallest absolute Gasteiger partial charge is 0.279 e. The molecular weight excluding hydrogens is 278 g/mol. The summed E-state index contributed by atoms with van der Waals surface area (Å²) >= 11 is 0. The number of nitrogens with one attached hydrogen (secondary N) is 3. The molecule has 3 N–H and O–H groups in total. The van der Waals surface area contributed by atoms with Gasteiger partial charge in [-0.25, -0.2) is 9.71 Å². The first kappa shape index (κ1) is 17.1. The average Bonchev–Trinajstić information content (AvgIpc) is 2.91. The number of H-pyrrole nitrogens is 1. The van der Waals surface area contributed by atoms with Gasteiger partial charge < -0.3 is 10.3 Å². The molecule has 0 saturated carbocycles. The highest BCUT2D eigenvalue weighted by atomic mass is 32.2. The SMILES string of the molecule is CCCNCCCN(C)S(=O)(=O)NCCc1cnc[nH]1. The molecule has 0 unspecified atom stereocenters. The number of hydrogen-bond acceptors (Lipinski definition) is 4. The molecular formula is C12H25N5O2S. The van der Waals surface area contributed by atoms with E-state index in [9.17, 15) is 8.42 Å². The van der Waals surface area contributed by atoms with Gasteiger partial charge in [-0.15, -0.1) is 0 Å². The highest BCUT2D eigenvalue weighted by Crippen LogP contribution is 1.97. The molecule has 0 spiro atoms. The van der Waals surface area contributed by atoms with E-state index in [0.29, 0.717) is 19.5 Å². The fourth-order valence-electron chi connectivity index (χ4n) is 1.69. The number of imidazole rings is 1. The quantitative estimate of drug-likeness (QED) is 0.506. The van der Waals surface area contributed by atoms with Gasteiger partial charge in [0.05, 0.1) is 6.33 Å². The molecule has 1 aromatic heterocycles. The van der Waals surface area contributed by atoms with Crippen LogP contribution in [-0.4, -0.2) is 55.9 Å². The van der Waals surface area contributed by atoms with Gasteiger partial charge in [-0.1, -0.05) is 6.92 Å². The van der Waals surface area contributed by atoms with Crippen LogP contribution in [0.4, 0.5) is 0 Å². The van der Waals surface area contributed by atoms with Crippen LogP contribution in [0, 0.1) is 0 Å². The standard InChI is InChI=1S/C12H25N5O2S/c1-3-6-13-7-4-9-17(2)20(18,19)16-8-5-12-10-14-11-15-12/h10-11,13,16H,3-9H2,1-2H3,(H,14,15). The van der Waals surface area contributed by atoms with E-state index >= 15 is 0 Å². The average molecular weight is 303 g/mol. The zero-order valence-electron chi connectivity index (χ0n) is 12.2. The molecule has 1 aromatic rings. The zero-order valence-corrected chi connectivity index (χ0v) is 13.0. The Morgan fingerprint density at radius 1 is 1.35 bits per heavy atom. The molecule has 0 saturated heterocycles. The minimum atomic E-state index is -3.38. The maximum atomic E-state index is 11.9. The van der Waals surface area contributed by atoms with E-state index in [1.165, 1.54) is 4.31 Å². The van der Waals surface area contributed by atoms with Crippen molar-refractivity contribution >= 4 is 10.2 Å². The third-order valence-electron chi connectivity index (χ3n) is 2.90. The lowest BCUT2D eigenvalue weighted by Crippen LogP contribution is -2.40. The molecule has 0 aromatic carbocycles. The van der Waals surface area contributed by atoms with E-state index in [-0.39, 0.29) is 0 Å². The summed E-state index contributed by atoms with van der Waals surface area (Å²) in [6.07, 6.45) is 5.77. The van der Waals surface area contributed by atoms with Crippen LogP contribution in [0.3, 0.4) is 0 Å². The van der Waals surface area contributed by atoms with Gasteiger partial charge in [0.2, 0.25) is 0 Å². The molecule has 116 valence electrons. The third kappa shape index (κ3) is 6.47. The van der Waals surface area contributed by atoms with Crippen LogP contribution >= 0.6 is 0 Å². The van der Waals surface area contributed by atoms with E-state index in [0.717, 1.165) is 31.6 Å². The fraction of sp³-hybridized carbons (Fsp3) is 0.750. The van der Waals surface area contributed by atoms with Crippen molar-refractivity contribution in [3.63, 3.8) is 0 Å². The van der Waals surface area contributed by atoms with Crippen LogP contribution in [0.15, 0.2) is 12.5 Å². The lowest BCUT2D eigenvalue weighted by Gasteiger charge is -2.17. The normalized spacial score (nSPS) is 12.2. The molecule has 0 fully saturated rings. The van der Waals surface area contributed by atoms with Crippen LogP contribution < -0.4 is 10.0 Å². The number of aromatic amines is 1. The molecule has 0 aliphatic carbocycles. The Morgan fingerprint density at radius 3 is 2.80 bits per heavy atom. The number of aromatic nitrogens is 2. The molecule has 0 atom stereocenters. The van der Waals surface area contributed by atoms with Crippen LogP contribution in [0.1, 0.15) is 25.5 Å². The Bertz CT molecular complexity index is 446. The van der Waals surface area contributed by atoms with Gasteiger partial charge in [0.15, 0.2) is 0 Å². The molecule has 0 aliphatic heterocycles. The van der Waals surface area contributed by atoms with Crippen molar-refractivity contribution in [2.24, 2.45) is 0 Å². The number of rotatable bonds is 11. The van der Waals surface area contributed by atoms with Gasteiger partial charge in [0.25, 0.3) is 10.2 Å². The molecule has 0 aliphatic rings. The maximum Gasteiger partial charge on any atom is 0.279 e. The summed E-state index contributed by atoms with van der Waals surface area (Å²) in [5, 5.41) is 3.25. The largest absolute Gasteiger partial charge is 0.348 e. The van der Waals surface area contributed by atoms with Crippen molar-refractivity contribution in [1.82, 2.24) is 24.3 Å². The van der Waals surface area contributed by atoms with Gasteiger partial charge >= 0.3 is 0 Å². The lowest BCUT2D eigenvalue weighted by atomic mass is 10.3. The van der Waals surface area contributed by atoms with E-state index in [4.69, 9.17) is 0 Å². The van der Waals surface area contributed by atoms with Gasteiger partial charge in [-0.05, 0) is 25.9 Å². The minimum Gasteiger partial charge on any atom is -0.348 e. The molecule has 20 heavy (non-hydrogen) atoms. The third-order valence-corrected chi connectivity index (χ3v) is 4.47. The predicted octanol–water partition coefficient (Wildman–Crippen LogP) is 0.108. The highest BCUT2D eigenvalue weighted by Gasteiger charge is 2.16. The Morgan fingerprint density at radius 2 is 2.15 bits per heavy atom. The molecule has 1 rings (SSSR count). The van der Waals surface area contributed by atoms with Gasteiger partial charge in [0, 0.05) is 38.4 Å². The Kier molecular flexibility index (Phi) is 7.75. The van der Waals surface area contributed by atoms with Crippen molar-refractivity contribution in [1.29, 1.82) is 0 Å². The highest BCUT2D eigenvalue weighted by molar-refractivity contribution is 7.87. The van der Waals surface area contributed by atoms with Crippen LogP contribution in [0.2, 0.25) is 0 Å². The second-order valence-corrected chi connectivity index (χ2v) is 6.51. The molecule has 8 heteroatoms. The maximum absolute atomic E-state index is 11.9. The number of nitrogens with zero attached hydrogens (tertiary/aromatic N) is 2. The molecule has 7 nitrogen and oxygen atoms in total. The first-order valence-corrected chi connectivity index (χ1v) is 8.39. The van der Waals surface area contributed by atoms with Crippen molar-refractivity contribution < 1.29 is 8.42 Å². The fourth-order valence-corrected chi connectivity index (χ4v) is 2.64. The number of hydrogen-bond donors (Lipinski definition) is 3. The van der Waals surface area contributed by atoms with Gasteiger partial charge in [-0.2, -0.15) is 12.7 Å². The summed E-state index contributed by atoms with van der Waals surface area (Å²) in [5.41, 5.74) is 0.916. The van der Waals surface area contributed by atoms with Gasteiger partial charge in [-0.3, -0.25) is 0 Å². The van der Waals surface area contributed by atoms with Crippen molar-refractivity contribution in [3.8, 4) is 0 Å². The van der Waals surface area contributed by atoms with Crippen molar-refractivity contribution in [2.75, 3.05) is 33.2 Å². The summed E-state index contributed by atoms with van der Waals surface area (Å²) < 4.78 is 27.8. The topological polar surface area (TPSA) is 90.1 Å². The van der Waals surface area contributed by atoms with E-state index in [2.05, 4.69) is 26.9 Å². The Hall–Kier alpha value is -0.960. The van der Waals surface area contributed by atoms with Crippen LogP contribution in [0.25, 0.3) is 0 Å². The van der Waals surface area contributed by atoms with E-state index in [1.807, 2.05) is 0 Å². The summed E-state index contributed by atoms with van der Waals surface area (Å²) in [5.74, 6) is 0. The molecule has 0 radical (unpaired) electrons. The monoisotopic (exact) mass is 303 g/mol. The Balaban J connectivity index is 2.21. The predicted molar refractivity (Wildman–Crippen MR) is 79.6 cm³/mol. The van der Waals surface area contributed by atoms with E-state index in [1.54, 1.807) is 19.6 Å². The van der Waals surface area contributed by atoms with Gasteiger partial charge in [0.1, 0.15) is 0 Å². The second kappa shape index (κ2) is 9.06. The van der Waals surface area contributed by atoms with E-state index < -0.39 is 10.2 Å². The molecule has 1 heterocycles. The molecule has 0 bridgehead atoms. The van der Waals surface area contributed by atoms with Crippen LogP contribution in [-0.2, 0) is 16.6 Å². The summed E-state index contributed by atoms with van der Waals surface area (Å²) in [4.78, 5) is 6.83. The summed E-state index contributed by atoms with van der Waals surface area (Å²) in [6, 6.07) is 0. The first-order valence-electron chi connectivity index (χ1n) is 6.95. The van der Waals surface area contributed by atoms with Crippen LogP contribution in [0.5, 0.6) is 0 Å². The lowest BCUT2D eigenvalue weighted by molar-refractivity contribution is 0.444. The minimum absolute atomic E-state index is 0.364.